The van der Waals surface area contributed by atoms with Gasteiger partial charge in [0.1, 0.15) is 0 Å². The summed E-state index contributed by atoms with van der Waals surface area (Å²) in [5, 5.41) is 14.8. The molecule has 7 nitrogen and oxygen atoms in total. The number of aliphatic hydroxyl groups excluding tert-OH is 1. The number of benzene rings is 1. The minimum Gasteiger partial charge on any atom is -0.389 e. The molecule has 0 aliphatic rings. The van der Waals surface area contributed by atoms with Gasteiger partial charge in [0.2, 0.25) is 0 Å². The molecule has 3 rings (SSSR count). The Labute approximate surface area is 176 Å². The normalized spacial score (nSPS) is 12.2. The summed E-state index contributed by atoms with van der Waals surface area (Å²) in [6, 6.07) is 15.3. The number of aliphatic hydroxyl groups is 1. The van der Waals surface area contributed by atoms with Gasteiger partial charge in [0.15, 0.2) is 5.69 Å². The van der Waals surface area contributed by atoms with Crippen molar-refractivity contribution in [1.29, 1.82) is 0 Å². The monoisotopic (exact) mass is 408 g/mol. The van der Waals surface area contributed by atoms with E-state index >= 15 is 0 Å². The first kappa shape index (κ1) is 21.7. The Morgan fingerprint density at radius 3 is 2.53 bits per heavy atom. The summed E-state index contributed by atoms with van der Waals surface area (Å²) in [6.45, 7) is 4.84. The van der Waals surface area contributed by atoms with Gasteiger partial charge < -0.3 is 14.7 Å². The number of rotatable bonds is 9. The number of likely N-dealkylation sites (N-methyl/N-ethyl adjacent to an activating group) is 1. The fourth-order valence-corrected chi connectivity index (χ4v) is 3.14. The molecule has 1 atom stereocenters. The molecule has 7 heteroatoms. The fourth-order valence-electron chi connectivity index (χ4n) is 3.14. The molecular formula is C23H28N4O3. The highest BCUT2D eigenvalue weighted by atomic mass is 16.5. The van der Waals surface area contributed by atoms with Gasteiger partial charge in [-0.15, -0.1) is 0 Å². The summed E-state index contributed by atoms with van der Waals surface area (Å²) < 4.78 is 7.34. The summed E-state index contributed by atoms with van der Waals surface area (Å²) >= 11 is 0. The molecule has 0 spiro atoms. The SMILES string of the molecule is CC(C)c1cc(C(=O)N(C)CC(O)COCc2ccccc2)nn1-c1ccncc1. The van der Waals surface area contributed by atoms with Gasteiger partial charge in [0, 0.05) is 31.7 Å². The summed E-state index contributed by atoms with van der Waals surface area (Å²) in [5.41, 5.74) is 3.17. The van der Waals surface area contributed by atoms with Crippen LogP contribution in [0.2, 0.25) is 0 Å². The van der Waals surface area contributed by atoms with Crippen molar-refractivity contribution in [1.82, 2.24) is 19.7 Å². The van der Waals surface area contributed by atoms with Gasteiger partial charge in [-0.2, -0.15) is 5.10 Å². The lowest BCUT2D eigenvalue weighted by Crippen LogP contribution is -2.36. The van der Waals surface area contributed by atoms with Crippen LogP contribution >= 0.6 is 0 Å². The molecule has 2 heterocycles. The Bertz CT molecular complexity index is 942. The number of carbonyl (C=O) groups excluding carboxylic acids is 1. The van der Waals surface area contributed by atoms with Gasteiger partial charge in [-0.05, 0) is 29.7 Å². The van der Waals surface area contributed by atoms with Crippen LogP contribution in [0.25, 0.3) is 5.69 Å². The second kappa shape index (κ2) is 10.1. The number of pyridine rings is 1. The van der Waals surface area contributed by atoms with Gasteiger partial charge in [-0.3, -0.25) is 9.78 Å². The molecule has 0 aliphatic heterocycles. The van der Waals surface area contributed by atoms with Crippen LogP contribution in [0.4, 0.5) is 0 Å². The van der Waals surface area contributed by atoms with Crippen molar-refractivity contribution < 1.29 is 14.6 Å². The van der Waals surface area contributed by atoms with Crippen LogP contribution in [-0.4, -0.2) is 57.0 Å². The van der Waals surface area contributed by atoms with E-state index in [1.807, 2.05) is 48.5 Å². The van der Waals surface area contributed by atoms with Crippen LogP contribution in [0, 0.1) is 0 Å². The Morgan fingerprint density at radius 1 is 1.17 bits per heavy atom. The first-order chi connectivity index (χ1) is 14.5. The predicted molar refractivity (Wildman–Crippen MR) is 115 cm³/mol. The zero-order valence-electron chi connectivity index (χ0n) is 17.6. The van der Waals surface area contributed by atoms with Gasteiger partial charge in [0.25, 0.3) is 5.91 Å². The number of hydrogen-bond acceptors (Lipinski definition) is 5. The average molecular weight is 409 g/mol. The van der Waals surface area contributed by atoms with Gasteiger partial charge in [0.05, 0.1) is 25.0 Å². The molecule has 1 N–H and O–H groups in total. The topological polar surface area (TPSA) is 80.5 Å². The summed E-state index contributed by atoms with van der Waals surface area (Å²) in [5.74, 6) is -0.0543. The third-order valence-electron chi connectivity index (χ3n) is 4.71. The van der Waals surface area contributed by atoms with Crippen LogP contribution in [0.15, 0.2) is 60.9 Å². The van der Waals surface area contributed by atoms with Crippen molar-refractivity contribution in [3.8, 4) is 5.69 Å². The van der Waals surface area contributed by atoms with Crippen LogP contribution in [0.5, 0.6) is 0 Å². The van der Waals surface area contributed by atoms with Crippen molar-refractivity contribution in [2.24, 2.45) is 0 Å². The standard InChI is InChI=1S/C23H28N4O3/c1-17(2)22-13-21(25-27(22)19-9-11-24-12-10-19)23(29)26(3)14-20(28)16-30-15-18-7-5-4-6-8-18/h4-13,17,20,28H,14-16H2,1-3H3. The van der Waals surface area contributed by atoms with E-state index in [9.17, 15) is 9.90 Å². The van der Waals surface area contributed by atoms with Crippen LogP contribution in [-0.2, 0) is 11.3 Å². The van der Waals surface area contributed by atoms with Crippen molar-refractivity contribution in [2.75, 3.05) is 20.2 Å². The maximum absolute atomic E-state index is 12.9. The number of nitrogens with zero attached hydrogens (tertiary/aromatic N) is 4. The summed E-state index contributed by atoms with van der Waals surface area (Å²) in [4.78, 5) is 18.4. The molecular weight excluding hydrogens is 380 g/mol. The zero-order chi connectivity index (χ0) is 21.5. The molecule has 3 aromatic rings. The molecule has 0 aliphatic carbocycles. The number of carbonyl (C=O) groups is 1. The molecule has 2 aromatic heterocycles. The van der Waals surface area contributed by atoms with E-state index in [1.165, 1.54) is 4.90 Å². The lowest BCUT2D eigenvalue weighted by atomic mass is 10.1. The quantitative estimate of drug-likeness (QED) is 0.589. The lowest BCUT2D eigenvalue weighted by Gasteiger charge is -2.20. The summed E-state index contributed by atoms with van der Waals surface area (Å²) in [6.07, 6.45) is 2.61. The maximum Gasteiger partial charge on any atom is 0.274 e. The molecule has 1 aromatic carbocycles. The molecule has 1 unspecified atom stereocenters. The molecule has 0 saturated heterocycles. The second-order valence-corrected chi connectivity index (χ2v) is 7.57. The van der Waals surface area contributed by atoms with Gasteiger partial charge in [-0.25, -0.2) is 4.68 Å². The molecule has 1 amide bonds. The Morgan fingerprint density at radius 2 is 1.87 bits per heavy atom. The van der Waals surface area contributed by atoms with Crippen molar-refractivity contribution in [2.45, 2.75) is 32.5 Å². The largest absolute Gasteiger partial charge is 0.389 e. The summed E-state index contributed by atoms with van der Waals surface area (Å²) in [7, 11) is 1.66. The van der Waals surface area contributed by atoms with E-state index in [0.29, 0.717) is 12.3 Å². The predicted octanol–water partition coefficient (Wildman–Crippen LogP) is 3.04. The first-order valence-electron chi connectivity index (χ1n) is 10.0. The lowest BCUT2D eigenvalue weighted by molar-refractivity contribution is 0.0136. The van der Waals surface area contributed by atoms with E-state index in [-0.39, 0.29) is 25.0 Å². The average Bonchev–Trinajstić information content (AvgIpc) is 3.20. The fraction of sp³-hybridized carbons (Fsp3) is 0.348. The highest BCUT2D eigenvalue weighted by Crippen LogP contribution is 2.20. The highest BCUT2D eigenvalue weighted by Gasteiger charge is 2.21. The van der Waals surface area contributed by atoms with Crippen LogP contribution < -0.4 is 0 Å². The van der Waals surface area contributed by atoms with E-state index in [1.54, 1.807) is 24.1 Å². The van der Waals surface area contributed by atoms with Crippen molar-refractivity contribution >= 4 is 5.91 Å². The molecule has 0 fully saturated rings. The van der Waals surface area contributed by atoms with Gasteiger partial charge in [-0.1, -0.05) is 44.2 Å². The number of ether oxygens (including phenoxy) is 1. The molecule has 158 valence electrons. The van der Waals surface area contributed by atoms with E-state index in [2.05, 4.69) is 23.9 Å². The second-order valence-electron chi connectivity index (χ2n) is 7.57. The highest BCUT2D eigenvalue weighted by molar-refractivity contribution is 5.92. The number of hydrogen-bond donors (Lipinski definition) is 1. The molecule has 30 heavy (non-hydrogen) atoms. The first-order valence-corrected chi connectivity index (χ1v) is 10.0. The number of aromatic nitrogens is 3. The zero-order valence-corrected chi connectivity index (χ0v) is 17.6. The number of amides is 1. The smallest absolute Gasteiger partial charge is 0.274 e. The van der Waals surface area contributed by atoms with E-state index < -0.39 is 6.10 Å². The minimum atomic E-state index is -0.783. The molecule has 0 bridgehead atoms. The van der Waals surface area contributed by atoms with E-state index in [0.717, 1.165) is 16.9 Å². The molecule has 0 saturated carbocycles. The van der Waals surface area contributed by atoms with Crippen molar-refractivity contribution in [3.63, 3.8) is 0 Å². The Balaban J connectivity index is 1.61. The maximum atomic E-state index is 12.9. The third kappa shape index (κ3) is 5.52. The molecule has 0 radical (unpaired) electrons. The van der Waals surface area contributed by atoms with Crippen molar-refractivity contribution in [3.05, 3.63) is 77.9 Å². The minimum absolute atomic E-state index is 0.148. The van der Waals surface area contributed by atoms with Crippen LogP contribution in [0.1, 0.15) is 41.5 Å². The van der Waals surface area contributed by atoms with E-state index in [4.69, 9.17) is 4.74 Å². The van der Waals surface area contributed by atoms with Crippen LogP contribution in [0.3, 0.4) is 0 Å². The third-order valence-corrected chi connectivity index (χ3v) is 4.71. The Kier molecular flexibility index (Phi) is 7.32. The van der Waals surface area contributed by atoms with Gasteiger partial charge >= 0.3 is 0 Å². The Hall–Kier alpha value is -3.03.